The molecule has 0 bridgehead atoms. The summed E-state index contributed by atoms with van der Waals surface area (Å²) in [5, 5.41) is 8.92. The second kappa shape index (κ2) is 6.70. The van der Waals surface area contributed by atoms with Crippen LogP contribution in [0.5, 0.6) is 0 Å². The second-order valence-corrected chi connectivity index (χ2v) is 4.61. The molecule has 0 saturated carbocycles. The number of nitrogens with zero attached hydrogens (tertiary/aromatic N) is 1. The van der Waals surface area contributed by atoms with Gasteiger partial charge in [-0.25, -0.2) is 4.79 Å². The Kier molecular flexibility index (Phi) is 6.36. The number of thioether (sulfide) groups is 1. The number of hydrogen-bond donors (Lipinski definition) is 1. The van der Waals surface area contributed by atoms with E-state index in [0.29, 0.717) is 6.54 Å². The molecule has 0 heterocycles. The average molecular weight is 219 g/mol. The third-order valence-electron chi connectivity index (χ3n) is 1.90. The highest BCUT2D eigenvalue weighted by atomic mass is 32.2. The van der Waals surface area contributed by atoms with Crippen LogP contribution in [0.4, 0.5) is 4.79 Å². The third kappa shape index (κ3) is 5.85. The Morgan fingerprint density at radius 1 is 1.50 bits per heavy atom. The topological polar surface area (TPSA) is 57.6 Å². The summed E-state index contributed by atoms with van der Waals surface area (Å²) in [4.78, 5) is 22.5. The molecule has 0 aliphatic heterocycles. The fourth-order valence-corrected chi connectivity index (χ4v) is 1.87. The fourth-order valence-electron chi connectivity index (χ4n) is 1.01. The van der Waals surface area contributed by atoms with Crippen LogP contribution in [0, 0.1) is 0 Å². The molecule has 1 atom stereocenters. The lowest BCUT2D eigenvalue weighted by Gasteiger charge is -2.17. The molecule has 14 heavy (non-hydrogen) atoms. The minimum Gasteiger partial charge on any atom is -0.465 e. The van der Waals surface area contributed by atoms with Gasteiger partial charge in [0.1, 0.15) is 0 Å². The number of hydrogen-bond acceptors (Lipinski definition) is 3. The Morgan fingerprint density at radius 2 is 2.07 bits per heavy atom. The zero-order valence-electron chi connectivity index (χ0n) is 8.82. The van der Waals surface area contributed by atoms with Gasteiger partial charge in [0.25, 0.3) is 0 Å². The normalized spacial score (nSPS) is 12.2. The van der Waals surface area contributed by atoms with E-state index in [1.54, 1.807) is 0 Å². The first-order chi connectivity index (χ1) is 6.47. The molecule has 0 aromatic carbocycles. The van der Waals surface area contributed by atoms with Gasteiger partial charge in [0.15, 0.2) is 5.12 Å². The van der Waals surface area contributed by atoms with Crippen molar-refractivity contribution in [1.29, 1.82) is 0 Å². The van der Waals surface area contributed by atoms with E-state index < -0.39 is 6.09 Å². The van der Waals surface area contributed by atoms with Crippen molar-refractivity contribution in [2.45, 2.75) is 31.9 Å². The molecule has 0 aromatic heterocycles. The number of carbonyl (C=O) groups excluding carboxylic acids is 1. The molecule has 1 amide bonds. The smallest absolute Gasteiger partial charge is 0.407 e. The van der Waals surface area contributed by atoms with Gasteiger partial charge in [-0.05, 0) is 12.8 Å². The van der Waals surface area contributed by atoms with Crippen LogP contribution in [-0.4, -0.2) is 40.1 Å². The lowest BCUT2D eigenvalue weighted by atomic mass is 10.2. The van der Waals surface area contributed by atoms with Crippen molar-refractivity contribution in [3.8, 4) is 0 Å². The van der Waals surface area contributed by atoms with E-state index in [9.17, 15) is 9.59 Å². The van der Waals surface area contributed by atoms with Gasteiger partial charge in [0.2, 0.25) is 0 Å². The van der Waals surface area contributed by atoms with E-state index in [0.717, 1.165) is 12.8 Å². The SMILES string of the molecule is CCC(CCN(C)C(=O)O)SC(C)=O. The van der Waals surface area contributed by atoms with Gasteiger partial charge >= 0.3 is 6.09 Å². The maximum absolute atomic E-state index is 10.8. The molecule has 0 rings (SSSR count). The third-order valence-corrected chi connectivity index (χ3v) is 3.14. The van der Waals surface area contributed by atoms with Crippen LogP contribution in [0.2, 0.25) is 0 Å². The Morgan fingerprint density at radius 3 is 2.43 bits per heavy atom. The summed E-state index contributed by atoms with van der Waals surface area (Å²) >= 11 is 1.29. The number of rotatable bonds is 5. The molecule has 0 radical (unpaired) electrons. The van der Waals surface area contributed by atoms with E-state index in [1.807, 2.05) is 6.92 Å². The van der Waals surface area contributed by atoms with Crippen molar-refractivity contribution < 1.29 is 14.7 Å². The minimum atomic E-state index is -0.923. The van der Waals surface area contributed by atoms with E-state index in [1.165, 1.54) is 30.6 Å². The van der Waals surface area contributed by atoms with Gasteiger partial charge < -0.3 is 10.0 Å². The van der Waals surface area contributed by atoms with E-state index >= 15 is 0 Å². The van der Waals surface area contributed by atoms with Gasteiger partial charge in [-0.3, -0.25) is 4.79 Å². The van der Waals surface area contributed by atoms with Crippen molar-refractivity contribution in [2.75, 3.05) is 13.6 Å². The standard InChI is InChI=1S/C9H17NO3S/c1-4-8(14-7(2)11)5-6-10(3)9(12)13/h8H,4-6H2,1-3H3,(H,12,13). The van der Waals surface area contributed by atoms with E-state index in [-0.39, 0.29) is 10.4 Å². The predicted octanol–water partition coefficient (Wildman–Crippen LogP) is 2.04. The largest absolute Gasteiger partial charge is 0.465 e. The Balaban J connectivity index is 3.83. The summed E-state index contributed by atoms with van der Waals surface area (Å²) in [6.45, 7) is 4.02. The molecule has 0 aliphatic rings. The summed E-state index contributed by atoms with van der Waals surface area (Å²) in [6, 6.07) is 0. The highest BCUT2D eigenvalue weighted by Gasteiger charge is 2.12. The molecule has 0 spiro atoms. The molecule has 0 aliphatic carbocycles. The van der Waals surface area contributed by atoms with Crippen molar-refractivity contribution in [2.24, 2.45) is 0 Å². The van der Waals surface area contributed by atoms with Crippen LogP contribution in [-0.2, 0) is 4.79 Å². The van der Waals surface area contributed by atoms with Gasteiger partial charge in [-0.15, -0.1) is 0 Å². The maximum Gasteiger partial charge on any atom is 0.407 e. The predicted molar refractivity (Wildman–Crippen MR) is 57.6 cm³/mol. The molecular formula is C9H17NO3S. The van der Waals surface area contributed by atoms with Crippen LogP contribution in [0.15, 0.2) is 0 Å². The van der Waals surface area contributed by atoms with Gasteiger partial charge in [0, 0.05) is 25.8 Å². The molecule has 1 N–H and O–H groups in total. The molecule has 0 fully saturated rings. The second-order valence-electron chi connectivity index (χ2n) is 3.13. The molecule has 0 aromatic rings. The van der Waals surface area contributed by atoms with Gasteiger partial charge in [-0.2, -0.15) is 0 Å². The Hall–Kier alpha value is -0.710. The number of carbonyl (C=O) groups is 2. The lowest BCUT2D eigenvalue weighted by Crippen LogP contribution is -2.27. The highest BCUT2D eigenvalue weighted by molar-refractivity contribution is 8.14. The Labute approximate surface area is 88.7 Å². The van der Waals surface area contributed by atoms with Crippen LogP contribution in [0.25, 0.3) is 0 Å². The summed E-state index contributed by atoms with van der Waals surface area (Å²) in [7, 11) is 1.54. The average Bonchev–Trinajstić information content (AvgIpc) is 2.10. The summed E-state index contributed by atoms with van der Waals surface area (Å²) < 4.78 is 0. The minimum absolute atomic E-state index is 0.0924. The molecule has 0 saturated heterocycles. The number of carboxylic acid groups (broad SMARTS) is 1. The number of amides is 1. The highest BCUT2D eigenvalue weighted by Crippen LogP contribution is 2.18. The van der Waals surface area contributed by atoms with Crippen LogP contribution >= 0.6 is 11.8 Å². The monoisotopic (exact) mass is 219 g/mol. The first kappa shape index (κ1) is 13.3. The van der Waals surface area contributed by atoms with Gasteiger partial charge in [0.05, 0.1) is 0 Å². The maximum atomic E-state index is 10.8. The molecule has 82 valence electrons. The van der Waals surface area contributed by atoms with Gasteiger partial charge in [-0.1, -0.05) is 18.7 Å². The lowest BCUT2D eigenvalue weighted by molar-refractivity contribution is -0.109. The summed E-state index contributed by atoms with van der Waals surface area (Å²) in [5.74, 6) is 0. The van der Waals surface area contributed by atoms with Crippen molar-refractivity contribution >= 4 is 23.0 Å². The van der Waals surface area contributed by atoms with Crippen molar-refractivity contribution in [3.63, 3.8) is 0 Å². The van der Waals surface area contributed by atoms with E-state index in [2.05, 4.69) is 0 Å². The summed E-state index contributed by atoms with van der Waals surface area (Å²) in [6.07, 6.45) is 0.689. The molecule has 4 nitrogen and oxygen atoms in total. The summed E-state index contributed by atoms with van der Waals surface area (Å²) in [5.41, 5.74) is 0. The molecule has 1 unspecified atom stereocenters. The first-order valence-corrected chi connectivity index (χ1v) is 5.46. The van der Waals surface area contributed by atoms with Crippen molar-refractivity contribution in [3.05, 3.63) is 0 Å². The first-order valence-electron chi connectivity index (χ1n) is 4.58. The van der Waals surface area contributed by atoms with Crippen LogP contribution in [0.1, 0.15) is 26.7 Å². The zero-order chi connectivity index (χ0) is 11.1. The molecular weight excluding hydrogens is 202 g/mol. The van der Waals surface area contributed by atoms with Crippen LogP contribution < -0.4 is 0 Å². The fraction of sp³-hybridized carbons (Fsp3) is 0.778. The van der Waals surface area contributed by atoms with Crippen LogP contribution in [0.3, 0.4) is 0 Å². The Bertz CT molecular complexity index is 208. The molecule has 5 heteroatoms. The van der Waals surface area contributed by atoms with E-state index in [4.69, 9.17) is 5.11 Å². The van der Waals surface area contributed by atoms with Crippen molar-refractivity contribution in [1.82, 2.24) is 4.90 Å². The quantitative estimate of drug-likeness (QED) is 0.768. The zero-order valence-corrected chi connectivity index (χ0v) is 9.63.